The SMILES string of the molecule is COc1ccccc1[C@H](C)NC(=O)c1ccc(CN(c2ccccc2)S(C)(=O)=O)cc1. The van der Waals surface area contributed by atoms with E-state index in [2.05, 4.69) is 5.32 Å². The molecular weight excluding hydrogens is 412 g/mol. The molecule has 0 aliphatic carbocycles. The second kappa shape index (κ2) is 9.66. The quantitative estimate of drug-likeness (QED) is 0.573. The van der Waals surface area contributed by atoms with Gasteiger partial charge in [-0.2, -0.15) is 0 Å². The highest BCUT2D eigenvalue weighted by molar-refractivity contribution is 7.92. The summed E-state index contributed by atoms with van der Waals surface area (Å²) in [6.45, 7) is 2.08. The first-order valence-corrected chi connectivity index (χ1v) is 11.7. The summed E-state index contributed by atoms with van der Waals surface area (Å²) >= 11 is 0. The molecule has 0 saturated heterocycles. The molecule has 3 aromatic carbocycles. The van der Waals surface area contributed by atoms with Gasteiger partial charge in [0.2, 0.25) is 10.0 Å². The summed E-state index contributed by atoms with van der Waals surface area (Å²) in [7, 11) is -1.86. The molecule has 0 unspecified atom stereocenters. The fraction of sp³-hybridized carbons (Fsp3) is 0.208. The molecule has 0 radical (unpaired) electrons. The van der Waals surface area contributed by atoms with E-state index in [0.717, 1.165) is 11.1 Å². The second-order valence-electron chi connectivity index (χ2n) is 7.24. The lowest BCUT2D eigenvalue weighted by Gasteiger charge is -2.22. The van der Waals surface area contributed by atoms with Gasteiger partial charge < -0.3 is 10.1 Å². The van der Waals surface area contributed by atoms with E-state index >= 15 is 0 Å². The van der Waals surface area contributed by atoms with Crippen LogP contribution < -0.4 is 14.4 Å². The molecule has 0 aromatic heterocycles. The lowest BCUT2D eigenvalue weighted by Crippen LogP contribution is -2.29. The minimum atomic E-state index is -3.45. The molecule has 1 N–H and O–H groups in total. The van der Waals surface area contributed by atoms with Gasteiger partial charge in [-0.15, -0.1) is 0 Å². The molecule has 0 fully saturated rings. The number of anilines is 1. The predicted octanol–water partition coefficient (Wildman–Crippen LogP) is 4.15. The van der Waals surface area contributed by atoms with Crippen LogP contribution in [0, 0.1) is 0 Å². The van der Waals surface area contributed by atoms with Gasteiger partial charge in [0.15, 0.2) is 0 Å². The van der Waals surface area contributed by atoms with E-state index < -0.39 is 10.0 Å². The zero-order chi connectivity index (χ0) is 22.4. The van der Waals surface area contributed by atoms with Crippen molar-refractivity contribution in [2.24, 2.45) is 0 Å². The summed E-state index contributed by atoms with van der Waals surface area (Å²) < 4.78 is 31.2. The van der Waals surface area contributed by atoms with Gasteiger partial charge in [-0.1, -0.05) is 48.5 Å². The average molecular weight is 439 g/mol. The van der Waals surface area contributed by atoms with Crippen molar-refractivity contribution in [2.75, 3.05) is 17.7 Å². The van der Waals surface area contributed by atoms with Crippen molar-refractivity contribution < 1.29 is 17.9 Å². The van der Waals surface area contributed by atoms with Gasteiger partial charge >= 0.3 is 0 Å². The normalized spacial score (nSPS) is 12.1. The van der Waals surface area contributed by atoms with Gasteiger partial charge in [-0.05, 0) is 42.8 Å². The third-order valence-corrected chi connectivity index (χ3v) is 6.08. The Labute approximate surface area is 183 Å². The van der Waals surface area contributed by atoms with E-state index in [0.29, 0.717) is 17.0 Å². The first-order chi connectivity index (χ1) is 14.8. The number of benzene rings is 3. The lowest BCUT2D eigenvalue weighted by molar-refractivity contribution is 0.0939. The van der Waals surface area contributed by atoms with Crippen molar-refractivity contribution in [3.05, 3.63) is 95.6 Å². The number of hydrogen-bond acceptors (Lipinski definition) is 4. The topological polar surface area (TPSA) is 75.7 Å². The van der Waals surface area contributed by atoms with Crippen LogP contribution in [0.1, 0.15) is 34.5 Å². The Kier molecular flexibility index (Phi) is 6.97. The molecule has 0 bridgehead atoms. The van der Waals surface area contributed by atoms with Crippen molar-refractivity contribution in [3.8, 4) is 5.75 Å². The minimum Gasteiger partial charge on any atom is -0.496 e. The van der Waals surface area contributed by atoms with E-state index in [4.69, 9.17) is 4.74 Å². The van der Waals surface area contributed by atoms with Crippen LogP contribution in [0.3, 0.4) is 0 Å². The van der Waals surface area contributed by atoms with Crippen molar-refractivity contribution >= 4 is 21.6 Å². The summed E-state index contributed by atoms with van der Waals surface area (Å²) in [5.41, 5.74) is 2.76. The number of nitrogens with one attached hydrogen (secondary N) is 1. The second-order valence-corrected chi connectivity index (χ2v) is 9.15. The molecule has 3 aromatic rings. The number of rotatable bonds is 8. The Bertz CT molecular complexity index is 1130. The fourth-order valence-corrected chi connectivity index (χ4v) is 4.19. The van der Waals surface area contributed by atoms with Crippen molar-refractivity contribution in [2.45, 2.75) is 19.5 Å². The number of nitrogens with zero attached hydrogens (tertiary/aromatic N) is 1. The molecule has 3 rings (SSSR count). The first-order valence-electron chi connectivity index (χ1n) is 9.85. The van der Waals surface area contributed by atoms with Gasteiger partial charge in [-0.3, -0.25) is 9.10 Å². The van der Waals surface area contributed by atoms with Crippen molar-refractivity contribution in [1.82, 2.24) is 5.32 Å². The monoisotopic (exact) mass is 438 g/mol. The van der Waals surface area contributed by atoms with Crippen molar-refractivity contribution in [3.63, 3.8) is 0 Å². The van der Waals surface area contributed by atoms with E-state index in [1.807, 2.05) is 37.3 Å². The van der Waals surface area contributed by atoms with Gasteiger partial charge in [0.05, 0.1) is 31.6 Å². The van der Waals surface area contributed by atoms with Crippen LogP contribution in [0.15, 0.2) is 78.9 Å². The lowest BCUT2D eigenvalue weighted by atomic mass is 10.1. The Morgan fingerprint density at radius 1 is 0.968 bits per heavy atom. The molecule has 0 aliphatic heterocycles. The molecule has 1 amide bonds. The number of hydrogen-bond donors (Lipinski definition) is 1. The minimum absolute atomic E-state index is 0.183. The number of carbonyl (C=O) groups is 1. The highest BCUT2D eigenvalue weighted by Gasteiger charge is 2.18. The van der Waals surface area contributed by atoms with Crippen molar-refractivity contribution in [1.29, 1.82) is 0 Å². The van der Waals surface area contributed by atoms with Crippen LogP contribution in [-0.2, 0) is 16.6 Å². The molecular formula is C24H26N2O4S. The van der Waals surface area contributed by atoms with Crippen LogP contribution in [-0.4, -0.2) is 27.7 Å². The number of ether oxygens (including phenoxy) is 1. The Balaban J connectivity index is 1.72. The van der Waals surface area contributed by atoms with Crippen LogP contribution in [0.5, 0.6) is 5.75 Å². The third-order valence-electron chi connectivity index (χ3n) is 4.94. The average Bonchev–Trinajstić information content (AvgIpc) is 2.77. The van der Waals surface area contributed by atoms with Crippen LogP contribution in [0.25, 0.3) is 0 Å². The predicted molar refractivity (Wildman–Crippen MR) is 123 cm³/mol. The standard InChI is InChI=1S/C24H26N2O4S/c1-18(22-11-7-8-12-23(22)30-2)25-24(27)20-15-13-19(14-16-20)17-26(31(3,28)29)21-9-5-4-6-10-21/h4-16,18H,17H2,1-3H3,(H,25,27)/t18-/m0/s1. The van der Waals surface area contributed by atoms with E-state index in [1.165, 1.54) is 10.6 Å². The first kappa shape index (κ1) is 22.4. The number of sulfonamides is 1. The maximum Gasteiger partial charge on any atom is 0.251 e. The molecule has 162 valence electrons. The maximum absolute atomic E-state index is 12.7. The molecule has 7 heteroatoms. The largest absolute Gasteiger partial charge is 0.496 e. The smallest absolute Gasteiger partial charge is 0.251 e. The molecule has 6 nitrogen and oxygen atoms in total. The number of amides is 1. The van der Waals surface area contributed by atoms with Crippen LogP contribution in [0.2, 0.25) is 0 Å². The zero-order valence-electron chi connectivity index (χ0n) is 17.8. The maximum atomic E-state index is 12.7. The summed E-state index contributed by atoms with van der Waals surface area (Å²) in [6, 6.07) is 23.2. The van der Waals surface area contributed by atoms with Gasteiger partial charge in [0.25, 0.3) is 5.91 Å². The summed E-state index contributed by atoms with van der Waals surface area (Å²) in [5, 5.41) is 2.97. The molecule has 1 atom stereocenters. The third kappa shape index (κ3) is 5.64. The summed E-state index contributed by atoms with van der Waals surface area (Å²) in [6.07, 6.45) is 1.18. The van der Waals surface area contributed by atoms with Gasteiger partial charge in [0.1, 0.15) is 5.75 Å². The van der Waals surface area contributed by atoms with E-state index in [1.54, 1.807) is 55.6 Å². The van der Waals surface area contributed by atoms with E-state index in [-0.39, 0.29) is 18.5 Å². The molecule has 0 aliphatic rings. The number of carbonyl (C=O) groups excluding carboxylic acids is 1. The van der Waals surface area contributed by atoms with E-state index in [9.17, 15) is 13.2 Å². The Morgan fingerprint density at radius 2 is 1.58 bits per heavy atom. The van der Waals surface area contributed by atoms with Gasteiger partial charge in [0, 0.05) is 11.1 Å². The highest BCUT2D eigenvalue weighted by atomic mass is 32.2. The number of methoxy groups -OCH3 is 1. The Hall–Kier alpha value is -3.32. The highest BCUT2D eigenvalue weighted by Crippen LogP contribution is 2.25. The zero-order valence-corrected chi connectivity index (χ0v) is 18.6. The fourth-order valence-electron chi connectivity index (χ4n) is 3.30. The van der Waals surface area contributed by atoms with Crippen LogP contribution in [0.4, 0.5) is 5.69 Å². The number of para-hydroxylation sites is 2. The molecule has 0 saturated carbocycles. The molecule has 0 heterocycles. The summed E-state index contributed by atoms with van der Waals surface area (Å²) in [5.74, 6) is 0.500. The van der Waals surface area contributed by atoms with Gasteiger partial charge in [-0.25, -0.2) is 8.42 Å². The molecule has 31 heavy (non-hydrogen) atoms. The van der Waals surface area contributed by atoms with Crippen LogP contribution >= 0.6 is 0 Å². The molecule has 0 spiro atoms. The summed E-state index contributed by atoms with van der Waals surface area (Å²) in [4.78, 5) is 12.7. The Morgan fingerprint density at radius 3 is 2.19 bits per heavy atom.